The molecular formula is C56H83N15O18S2. The number of hydrogen-bond donors (Lipinski definition) is 18. The van der Waals surface area contributed by atoms with Gasteiger partial charge in [0.15, 0.2) is 5.96 Å². The summed E-state index contributed by atoms with van der Waals surface area (Å²) in [5, 5.41) is 71.7. The molecule has 3 rings (SSSR count). The zero-order valence-corrected chi connectivity index (χ0v) is 51.7. The number of thioether (sulfide) groups is 2. The maximum Gasteiger partial charge on any atom is 0.326 e. The quantitative estimate of drug-likeness (QED) is 0.0170. The predicted octanol–water partition coefficient (Wildman–Crippen LogP) is -4.19. The lowest BCUT2D eigenvalue weighted by Crippen LogP contribution is -2.62. The first kappa shape index (κ1) is 76.6. The lowest BCUT2D eigenvalue weighted by atomic mass is 10.0. The van der Waals surface area contributed by atoms with Crippen LogP contribution >= 0.6 is 23.5 Å². The van der Waals surface area contributed by atoms with Crippen LogP contribution < -0.4 is 70.8 Å². The second-order valence-corrected chi connectivity index (χ2v) is 22.9. The van der Waals surface area contributed by atoms with Gasteiger partial charge in [0, 0.05) is 48.8 Å². The van der Waals surface area contributed by atoms with Crippen molar-refractivity contribution in [2.45, 2.75) is 138 Å². The highest BCUT2D eigenvalue weighted by atomic mass is 32.2. The zero-order chi connectivity index (χ0) is 67.6. The first-order valence-corrected chi connectivity index (χ1v) is 31.3. The fraction of sp³-hybridized carbons (Fsp3) is 0.536. The Balaban J connectivity index is 1.81. The number of carbonyl (C=O) groups excluding carboxylic acids is 10. The molecule has 22 N–H and O–H groups in total. The number of carbonyl (C=O) groups is 13. The number of aliphatic hydroxyl groups is 2. The van der Waals surface area contributed by atoms with Crippen LogP contribution in [0.25, 0.3) is 0 Å². The Hall–Kier alpha value is -8.64. The van der Waals surface area contributed by atoms with E-state index in [0.29, 0.717) is 17.8 Å². The first-order chi connectivity index (χ1) is 43.2. The van der Waals surface area contributed by atoms with Crippen LogP contribution in [0.1, 0.15) is 77.6 Å². The minimum atomic E-state index is -1.94. The largest absolute Gasteiger partial charge is 0.481 e. The van der Waals surface area contributed by atoms with Gasteiger partial charge in [-0.3, -0.25) is 62.5 Å². The number of nitrogens with one attached hydrogen (secondary N) is 9. The van der Waals surface area contributed by atoms with Crippen LogP contribution in [0.2, 0.25) is 0 Å². The van der Waals surface area contributed by atoms with E-state index in [1.54, 1.807) is 60.7 Å². The molecule has 0 spiro atoms. The molecule has 0 unspecified atom stereocenters. The molecule has 1 aliphatic heterocycles. The van der Waals surface area contributed by atoms with Gasteiger partial charge in [-0.2, -0.15) is 0 Å². The van der Waals surface area contributed by atoms with E-state index in [-0.39, 0.29) is 93.0 Å². The van der Waals surface area contributed by atoms with E-state index in [0.717, 1.165) is 28.4 Å². The molecule has 33 nitrogen and oxygen atoms in total. The minimum Gasteiger partial charge on any atom is -0.481 e. The van der Waals surface area contributed by atoms with Gasteiger partial charge in [0.25, 0.3) is 0 Å². The van der Waals surface area contributed by atoms with Gasteiger partial charge in [0.1, 0.15) is 48.3 Å². The van der Waals surface area contributed by atoms with Crippen LogP contribution in [0.5, 0.6) is 0 Å². The average Bonchev–Trinajstić information content (AvgIpc) is 1.95. The molecule has 10 atom stereocenters. The third-order valence-corrected chi connectivity index (χ3v) is 15.6. The smallest absolute Gasteiger partial charge is 0.326 e. The Kier molecular flexibility index (Phi) is 34.4. The molecule has 10 amide bonds. The summed E-state index contributed by atoms with van der Waals surface area (Å²) in [7, 11) is 0. The van der Waals surface area contributed by atoms with Gasteiger partial charge in [0.05, 0.1) is 30.3 Å². The van der Waals surface area contributed by atoms with Crippen molar-refractivity contribution in [3.05, 3.63) is 60.7 Å². The molecule has 0 aromatic heterocycles. The number of rotatable bonds is 42. The van der Waals surface area contributed by atoms with Crippen molar-refractivity contribution in [3.63, 3.8) is 0 Å². The molecule has 1 aliphatic rings. The van der Waals surface area contributed by atoms with Gasteiger partial charge in [-0.05, 0) is 95.5 Å². The van der Waals surface area contributed by atoms with E-state index >= 15 is 0 Å². The summed E-state index contributed by atoms with van der Waals surface area (Å²) < 4.78 is 0. The highest BCUT2D eigenvalue weighted by Gasteiger charge is 2.41. The number of carboxylic acid groups (broad SMARTS) is 3. The molecule has 91 heavy (non-hydrogen) atoms. The SMILES string of the molecule is C[C@@H](O)[C@H](NC(=O)[C@H](CSCC(=O)Nc1ccccc1)NC(=O)[C@@H](N)CSCC(=O)Nc1ccccc1)C(=O)N[C@@H](CCCCN)C(=O)N1CCC[C@H]1C(=O)N[C@@H](CCC(=O)O)C(=O)N[C@@H](CO)C(=O)N[C@@H](CCC(=O)O)C(=O)N[C@@H](CCCN=C(N)N)C(=O)O. The van der Waals surface area contributed by atoms with Gasteiger partial charge in [-0.1, -0.05) is 36.4 Å². The Morgan fingerprint density at radius 1 is 0.593 bits per heavy atom. The molecule has 0 aliphatic carbocycles. The zero-order valence-electron chi connectivity index (χ0n) is 50.0. The van der Waals surface area contributed by atoms with E-state index in [4.69, 9.17) is 22.9 Å². The number of nitrogens with two attached hydrogens (primary N) is 4. The third kappa shape index (κ3) is 28.8. The maximum atomic E-state index is 14.6. The standard InChI is InChI=1S/C56H83N15O18S2/c1-31(73)46(70-51(84)40(28-91-30-43(75)63-33-14-6-3-7-15-33)69-47(80)34(58)27-90-29-42(74)62-32-12-4-2-5-13-32)53(86)66-37(16-8-9-23-57)54(87)71-25-11-18-41(71)52(85)65-36(20-22-45(78)79)49(82)68-39(26-72)50(83)64-35(19-21-44(76)77)48(81)67-38(55(88)89)17-10-24-61-56(59)60/h2-7,12-15,31,34-41,46,72-73H,8-11,16-30,57-58H2,1H3,(H,62,74)(H,63,75)(H,64,83)(H,65,85)(H,66,86)(H,67,81)(H,68,82)(H,69,80)(H,70,84)(H,76,77)(H,78,79)(H,88,89)(H4,59,60,61)/t31-,34+,35+,36+,37+,38+,39+,40+,41+,46+/m1/s1. The molecule has 35 heteroatoms. The van der Waals surface area contributed by atoms with Crippen LogP contribution in [-0.2, 0) is 62.3 Å². The number of likely N-dealkylation sites (tertiary alicyclic amines) is 1. The fourth-order valence-corrected chi connectivity index (χ4v) is 10.4. The number of nitrogens with zero attached hydrogens (tertiary/aromatic N) is 2. The van der Waals surface area contributed by atoms with Crippen molar-refractivity contribution < 1.29 is 87.9 Å². The van der Waals surface area contributed by atoms with Crippen LogP contribution in [0.15, 0.2) is 65.7 Å². The topological polar surface area (TPSA) is 551 Å². The first-order valence-electron chi connectivity index (χ1n) is 29.0. The van der Waals surface area contributed by atoms with Crippen molar-refractivity contribution >= 4 is 118 Å². The number of anilines is 2. The fourth-order valence-electron chi connectivity index (χ4n) is 8.81. The summed E-state index contributed by atoms with van der Waals surface area (Å²) in [6.07, 6.45) is -3.79. The van der Waals surface area contributed by atoms with Gasteiger partial charge < -0.3 is 101 Å². The molecule has 1 saturated heterocycles. The van der Waals surface area contributed by atoms with Gasteiger partial charge in [-0.15, -0.1) is 23.5 Å². The van der Waals surface area contributed by atoms with Crippen molar-refractivity contribution in [1.82, 2.24) is 42.1 Å². The second-order valence-electron chi connectivity index (χ2n) is 20.9. The number of unbranched alkanes of at least 4 members (excludes halogenated alkanes) is 1. The third-order valence-electron chi connectivity index (χ3n) is 13.5. The van der Waals surface area contributed by atoms with Crippen LogP contribution in [0, 0.1) is 0 Å². The number of carboxylic acids is 3. The molecule has 2 aromatic carbocycles. The Labute approximate surface area is 532 Å². The highest BCUT2D eigenvalue weighted by Crippen LogP contribution is 2.21. The van der Waals surface area contributed by atoms with Crippen molar-refractivity contribution in [2.75, 3.05) is 59.9 Å². The number of aliphatic carboxylic acids is 3. The minimum absolute atomic E-state index is 0.00780. The van der Waals surface area contributed by atoms with Crippen molar-refractivity contribution in [3.8, 4) is 0 Å². The summed E-state index contributed by atoms with van der Waals surface area (Å²) in [5.74, 6) is -14.4. The summed E-state index contributed by atoms with van der Waals surface area (Å²) in [4.78, 5) is 177. The molecule has 2 aromatic rings. The number of hydrogen-bond acceptors (Lipinski definition) is 20. The van der Waals surface area contributed by atoms with E-state index in [9.17, 15) is 87.9 Å². The van der Waals surface area contributed by atoms with E-state index in [2.05, 4.69) is 52.8 Å². The number of aliphatic imine (C=N–C) groups is 1. The van der Waals surface area contributed by atoms with E-state index in [1.165, 1.54) is 6.92 Å². The second kappa shape index (κ2) is 40.9. The highest BCUT2D eigenvalue weighted by molar-refractivity contribution is 8.00. The van der Waals surface area contributed by atoms with Crippen LogP contribution in [0.4, 0.5) is 11.4 Å². The number of amides is 10. The Morgan fingerprint density at radius 3 is 1.59 bits per heavy atom. The molecule has 1 fully saturated rings. The number of aliphatic hydroxyl groups excluding tert-OH is 2. The van der Waals surface area contributed by atoms with Gasteiger partial charge >= 0.3 is 17.9 Å². The molecule has 502 valence electrons. The molecule has 0 radical (unpaired) electrons. The Bertz CT molecular complexity index is 2820. The van der Waals surface area contributed by atoms with E-state index in [1.807, 2.05) is 0 Å². The molecule has 1 heterocycles. The molecule has 0 saturated carbocycles. The van der Waals surface area contributed by atoms with Crippen LogP contribution in [-0.4, -0.2) is 223 Å². The number of para-hydroxylation sites is 2. The van der Waals surface area contributed by atoms with Crippen molar-refractivity contribution in [1.29, 1.82) is 0 Å². The lowest BCUT2D eigenvalue weighted by molar-refractivity contribution is -0.143. The Morgan fingerprint density at radius 2 is 1.08 bits per heavy atom. The summed E-state index contributed by atoms with van der Waals surface area (Å²) in [5.41, 5.74) is 23.6. The van der Waals surface area contributed by atoms with Crippen molar-refractivity contribution in [2.24, 2.45) is 27.9 Å². The number of benzene rings is 2. The average molecular weight is 1320 g/mol. The summed E-state index contributed by atoms with van der Waals surface area (Å²) in [6, 6.07) is 2.71. The molecular weight excluding hydrogens is 1230 g/mol. The van der Waals surface area contributed by atoms with Gasteiger partial charge in [0.2, 0.25) is 59.1 Å². The summed E-state index contributed by atoms with van der Waals surface area (Å²) in [6.45, 7) is 0.0676. The normalized spacial score (nSPS) is 15.6. The van der Waals surface area contributed by atoms with E-state index < -0.39 is 164 Å². The monoisotopic (exact) mass is 1320 g/mol. The molecule has 0 bridgehead atoms. The maximum absolute atomic E-state index is 14.6. The van der Waals surface area contributed by atoms with Crippen LogP contribution in [0.3, 0.4) is 0 Å². The van der Waals surface area contributed by atoms with Gasteiger partial charge in [-0.25, -0.2) is 4.79 Å². The summed E-state index contributed by atoms with van der Waals surface area (Å²) >= 11 is 1.98. The predicted molar refractivity (Wildman–Crippen MR) is 334 cm³/mol. The number of guanidine groups is 1. The lowest BCUT2D eigenvalue weighted by Gasteiger charge is -2.31.